The third-order valence-corrected chi connectivity index (χ3v) is 7.26. The lowest BCUT2D eigenvalue weighted by Gasteiger charge is -2.13. The number of hydrogen-bond donors (Lipinski definition) is 2. The summed E-state index contributed by atoms with van der Waals surface area (Å²) in [4.78, 5) is 17.3. The van der Waals surface area contributed by atoms with E-state index in [1.54, 1.807) is 0 Å². The van der Waals surface area contributed by atoms with Gasteiger partial charge in [0, 0.05) is 32.9 Å². The molecule has 0 spiro atoms. The lowest BCUT2D eigenvalue weighted by atomic mass is 9.90. The number of rotatable bonds is 0. The Morgan fingerprint density at radius 3 is 1.19 bits per heavy atom. The van der Waals surface area contributed by atoms with Crippen LogP contribution in [-0.2, 0) is 10.8 Å². The van der Waals surface area contributed by atoms with E-state index in [0.29, 0.717) is 0 Å². The molecule has 3 aromatic heterocycles. The van der Waals surface area contributed by atoms with Crippen molar-refractivity contribution in [3.63, 3.8) is 0 Å². The minimum Gasteiger partial charge on any atom is -0.355 e. The summed E-state index contributed by atoms with van der Waals surface area (Å²) < 4.78 is 0. The van der Waals surface area contributed by atoms with Gasteiger partial charge in [-0.1, -0.05) is 27.7 Å². The van der Waals surface area contributed by atoms with Crippen LogP contribution in [0.15, 0.2) is 24.3 Å². The SMILES string of the molecule is Cc1c(C)c2cc3nc(cc4[nH]c(cc5nc(cc1[nH]2)C(C)(C)C=5)c(C)c4C)C(C)(C)C=3. The van der Waals surface area contributed by atoms with Gasteiger partial charge >= 0.3 is 0 Å². The van der Waals surface area contributed by atoms with Crippen LogP contribution in [0.3, 0.4) is 0 Å². The normalized spacial score (nSPS) is 16.5. The number of fused-ring (bicyclic) bond motifs is 8. The van der Waals surface area contributed by atoms with E-state index in [1.165, 1.54) is 22.3 Å². The van der Waals surface area contributed by atoms with Gasteiger partial charge in [-0.25, -0.2) is 0 Å². The highest BCUT2D eigenvalue weighted by Crippen LogP contribution is 2.29. The second-order valence-electron chi connectivity index (χ2n) is 10.6. The maximum atomic E-state index is 5.01. The van der Waals surface area contributed by atoms with Gasteiger partial charge in [0.05, 0.1) is 22.1 Å². The van der Waals surface area contributed by atoms with Crippen molar-refractivity contribution in [2.24, 2.45) is 0 Å². The second kappa shape index (κ2) is 6.68. The first-order chi connectivity index (χ1) is 14.9. The Kier molecular flexibility index (Phi) is 4.33. The number of nitrogens with one attached hydrogen (secondary N) is 2. The molecule has 0 radical (unpaired) electrons. The van der Waals surface area contributed by atoms with Gasteiger partial charge in [0.25, 0.3) is 0 Å². The molecule has 32 heavy (non-hydrogen) atoms. The van der Waals surface area contributed by atoms with Crippen molar-refractivity contribution in [3.8, 4) is 0 Å². The summed E-state index contributed by atoms with van der Waals surface area (Å²) in [7, 11) is 0. The fourth-order valence-corrected chi connectivity index (χ4v) is 4.72. The lowest BCUT2D eigenvalue weighted by molar-refractivity contribution is 0.706. The molecule has 4 nitrogen and oxygen atoms in total. The molecule has 0 amide bonds. The largest absolute Gasteiger partial charge is 0.355 e. The number of nitrogens with zero attached hydrogens (tertiary/aromatic N) is 2. The highest BCUT2D eigenvalue weighted by atomic mass is 14.8. The van der Waals surface area contributed by atoms with Crippen LogP contribution >= 0.6 is 0 Å². The van der Waals surface area contributed by atoms with Crippen LogP contribution in [0.2, 0.25) is 0 Å². The third-order valence-electron chi connectivity index (χ3n) is 7.26. The van der Waals surface area contributed by atoms with E-state index in [0.717, 1.165) is 44.2 Å². The zero-order valence-corrected chi connectivity index (χ0v) is 20.4. The molecule has 164 valence electrons. The predicted molar refractivity (Wildman–Crippen MR) is 134 cm³/mol. The Hall–Kier alpha value is -3.14. The van der Waals surface area contributed by atoms with Crippen LogP contribution in [0, 0.1) is 27.7 Å². The van der Waals surface area contributed by atoms with Crippen LogP contribution in [-0.4, -0.2) is 19.9 Å². The average Bonchev–Trinajstić information content (AvgIpc) is 3.32. The first-order valence-electron chi connectivity index (χ1n) is 11.4. The molecule has 8 bridgehead atoms. The van der Waals surface area contributed by atoms with Crippen LogP contribution in [0.4, 0.5) is 0 Å². The van der Waals surface area contributed by atoms with Crippen molar-refractivity contribution in [1.29, 1.82) is 0 Å². The molecule has 2 N–H and O–H groups in total. The predicted octanol–water partition coefficient (Wildman–Crippen LogP) is 5.07. The molecule has 2 aliphatic heterocycles. The number of aryl methyl sites for hydroxylation is 4. The van der Waals surface area contributed by atoms with Crippen LogP contribution < -0.4 is 10.7 Å². The van der Waals surface area contributed by atoms with Gasteiger partial charge in [-0.2, -0.15) is 0 Å². The molecule has 5 heterocycles. The fraction of sp³-hybridized carbons (Fsp3) is 0.357. The highest BCUT2D eigenvalue weighted by Gasteiger charge is 2.24. The summed E-state index contributed by atoms with van der Waals surface area (Å²) in [6, 6.07) is 8.75. The van der Waals surface area contributed by atoms with Crippen molar-refractivity contribution in [1.82, 2.24) is 19.9 Å². The summed E-state index contributed by atoms with van der Waals surface area (Å²) >= 11 is 0. The van der Waals surface area contributed by atoms with Crippen LogP contribution in [0.1, 0.15) is 61.3 Å². The quantitative estimate of drug-likeness (QED) is 0.530. The van der Waals surface area contributed by atoms with Crippen molar-refractivity contribution < 1.29 is 0 Å². The van der Waals surface area contributed by atoms with Crippen molar-refractivity contribution in [3.05, 3.63) is 68.6 Å². The van der Waals surface area contributed by atoms with Gasteiger partial charge in [0.1, 0.15) is 0 Å². The minimum atomic E-state index is -0.129. The lowest BCUT2D eigenvalue weighted by Crippen LogP contribution is -2.10. The Morgan fingerprint density at radius 2 is 0.844 bits per heavy atom. The molecule has 0 saturated carbocycles. The fourth-order valence-electron chi connectivity index (χ4n) is 4.72. The van der Waals surface area contributed by atoms with Gasteiger partial charge in [0.15, 0.2) is 0 Å². The first kappa shape index (κ1) is 20.7. The maximum Gasteiger partial charge on any atom is 0.0623 e. The van der Waals surface area contributed by atoms with E-state index in [4.69, 9.17) is 9.97 Å². The van der Waals surface area contributed by atoms with Crippen molar-refractivity contribution in [2.75, 3.05) is 0 Å². The number of hydrogen-bond acceptors (Lipinski definition) is 2. The molecular weight excluding hydrogens is 392 g/mol. The molecule has 4 heteroatoms. The van der Waals surface area contributed by atoms with Crippen LogP contribution in [0.5, 0.6) is 0 Å². The van der Waals surface area contributed by atoms with Gasteiger partial charge in [-0.15, -0.1) is 0 Å². The molecule has 5 rings (SSSR count). The number of aromatic amines is 2. The topological polar surface area (TPSA) is 57.4 Å². The monoisotopic (exact) mass is 424 g/mol. The van der Waals surface area contributed by atoms with Gasteiger partial charge in [-0.3, -0.25) is 9.97 Å². The number of H-pyrrole nitrogens is 2. The average molecular weight is 425 g/mol. The molecule has 0 unspecified atom stereocenters. The van der Waals surface area contributed by atoms with Gasteiger partial charge in [-0.05, 0) is 86.4 Å². The molecule has 0 saturated heterocycles. The first-order valence-corrected chi connectivity index (χ1v) is 11.4. The van der Waals surface area contributed by atoms with Gasteiger partial charge < -0.3 is 9.97 Å². The molecule has 2 aliphatic rings. The molecule has 0 aliphatic carbocycles. The maximum absolute atomic E-state index is 5.01. The third kappa shape index (κ3) is 3.21. The van der Waals surface area contributed by atoms with E-state index >= 15 is 0 Å². The van der Waals surface area contributed by atoms with E-state index < -0.39 is 0 Å². The van der Waals surface area contributed by atoms with E-state index in [2.05, 4.69) is 102 Å². The van der Waals surface area contributed by atoms with Crippen LogP contribution in [0.25, 0.3) is 34.2 Å². The Balaban J connectivity index is 2.00. The van der Waals surface area contributed by atoms with E-state index in [-0.39, 0.29) is 10.8 Å². The summed E-state index contributed by atoms with van der Waals surface area (Å²) in [5.74, 6) is 0. The molecular formula is C28H32N4. The van der Waals surface area contributed by atoms with Gasteiger partial charge in [0.2, 0.25) is 0 Å². The Labute approximate surface area is 189 Å². The zero-order valence-electron chi connectivity index (χ0n) is 20.4. The Bertz CT molecular complexity index is 1440. The Morgan fingerprint density at radius 1 is 0.531 bits per heavy atom. The smallest absolute Gasteiger partial charge is 0.0623 e. The van der Waals surface area contributed by atoms with Crippen molar-refractivity contribution >= 4 is 34.2 Å². The number of aromatic nitrogens is 4. The molecule has 0 fully saturated rings. The summed E-state index contributed by atoms with van der Waals surface area (Å²) in [5.41, 5.74) is 11.3. The minimum absolute atomic E-state index is 0.129. The summed E-state index contributed by atoms with van der Waals surface area (Å²) in [6.07, 6.45) is 4.52. The second-order valence-corrected chi connectivity index (χ2v) is 10.6. The standard InChI is InChI=1S/C28H32N4/c1-15-17(3)23-11-25-28(7,8)14-20(30-25)10-22-16(2)18(4)24(32-22)12-26-27(5,6)13-19(29-26)9-21(15)31-23/h9-14,31-32H,1-8H3. The van der Waals surface area contributed by atoms with Crippen molar-refractivity contribution in [2.45, 2.75) is 66.2 Å². The molecule has 0 atom stereocenters. The summed E-state index contributed by atoms with van der Waals surface area (Å²) in [6.45, 7) is 17.6. The summed E-state index contributed by atoms with van der Waals surface area (Å²) in [5, 5.41) is 2.00. The molecule has 0 aromatic carbocycles. The van der Waals surface area contributed by atoms with E-state index in [9.17, 15) is 0 Å². The molecule has 3 aromatic rings. The zero-order chi connectivity index (χ0) is 23.0. The van der Waals surface area contributed by atoms with E-state index in [1.807, 2.05) is 0 Å². The highest BCUT2D eigenvalue weighted by molar-refractivity contribution is 5.73.